The number of nitrogens with one attached hydrogen (secondary N) is 1. The minimum Gasteiger partial charge on any atom is -0.492 e. The third kappa shape index (κ3) is 4.20. The summed E-state index contributed by atoms with van der Waals surface area (Å²) in [4.78, 5) is 10.1. The molecule has 20 heavy (non-hydrogen) atoms. The molecule has 0 aliphatic heterocycles. The highest BCUT2D eigenvalue weighted by atomic mass is 16.6. The number of ether oxygens (including phenoxy) is 1. The van der Waals surface area contributed by atoms with Gasteiger partial charge in [0.1, 0.15) is 12.4 Å². The van der Waals surface area contributed by atoms with Crippen molar-refractivity contribution in [3.63, 3.8) is 0 Å². The van der Waals surface area contributed by atoms with E-state index in [0.717, 1.165) is 13.1 Å². The number of hydrogen-bond acceptors (Lipinski definition) is 4. The Bertz CT molecular complexity index is 441. The Hall–Kier alpha value is -1.62. The zero-order valence-electron chi connectivity index (χ0n) is 11.9. The van der Waals surface area contributed by atoms with Crippen molar-refractivity contribution in [2.24, 2.45) is 5.41 Å². The number of rotatable bonds is 9. The molecule has 2 rings (SSSR count). The molecule has 1 aromatic carbocycles. The van der Waals surface area contributed by atoms with E-state index in [4.69, 9.17) is 4.74 Å². The zero-order valence-corrected chi connectivity index (χ0v) is 11.9. The van der Waals surface area contributed by atoms with Crippen molar-refractivity contribution in [3.8, 4) is 5.75 Å². The van der Waals surface area contributed by atoms with Gasteiger partial charge in [0.05, 0.1) is 4.92 Å². The molecule has 0 aromatic heterocycles. The van der Waals surface area contributed by atoms with E-state index in [1.165, 1.54) is 37.8 Å². The molecule has 1 N–H and O–H groups in total. The summed E-state index contributed by atoms with van der Waals surface area (Å²) in [6.07, 6.45) is 5.25. The molecule has 0 spiro atoms. The van der Waals surface area contributed by atoms with Crippen molar-refractivity contribution in [2.45, 2.75) is 32.6 Å². The van der Waals surface area contributed by atoms with Gasteiger partial charge in [-0.25, -0.2) is 0 Å². The highest BCUT2D eigenvalue weighted by molar-refractivity contribution is 5.35. The molecule has 5 nitrogen and oxygen atoms in total. The van der Waals surface area contributed by atoms with Gasteiger partial charge in [-0.15, -0.1) is 0 Å². The summed E-state index contributed by atoms with van der Waals surface area (Å²) >= 11 is 0. The quantitative estimate of drug-likeness (QED) is 0.428. The first-order valence-electron chi connectivity index (χ1n) is 7.23. The minimum atomic E-state index is -0.409. The molecule has 0 atom stereocenters. The summed E-state index contributed by atoms with van der Waals surface area (Å²) in [5.41, 5.74) is 0.646. The Labute approximate surface area is 119 Å². The van der Waals surface area contributed by atoms with Gasteiger partial charge in [-0.2, -0.15) is 0 Å². The van der Waals surface area contributed by atoms with Gasteiger partial charge in [-0.3, -0.25) is 10.1 Å². The maximum atomic E-state index is 10.5. The van der Waals surface area contributed by atoms with E-state index in [1.807, 2.05) is 0 Å². The standard InChI is InChI=1S/C15H22N2O3/c1-2-7-15(8-9-15)12-16-10-11-20-14-5-3-13(4-6-14)17(18)19/h3-6,16H,2,7-12H2,1H3. The van der Waals surface area contributed by atoms with Crippen molar-refractivity contribution in [1.82, 2.24) is 5.32 Å². The normalized spacial score (nSPS) is 15.8. The van der Waals surface area contributed by atoms with E-state index in [9.17, 15) is 10.1 Å². The van der Waals surface area contributed by atoms with Crippen LogP contribution >= 0.6 is 0 Å². The van der Waals surface area contributed by atoms with Crippen molar-refractivity contribution in [1.29, 1.82) is 0 Å². The van der Waals surface area contributed by atoms with Crippen molar-refractivity contribution >= 4 is 5.69 Å². The topological polar surface area (TPSA) is 64.4 Å². The van der Waals surface area contributed by atoms with Gasteiger partial charge in [-0.05, 0) is 36.8 Å². The van der Waals surface area contributed by atoms with Crippen LogP contribution in [0.15, 0.2) is 24.3 Å². The van der Waals surface area contributed by atoms with E-state index in [-0.39, 0.29) is 5.69 Å². The fourth-order valence-electron chi connectivity index (χ4n) is 2.48. The van der Waals surface area contributed by atoms with Crippen LogP contribution in [0.2, 0.25) is 0 Å². The van der Waals surface area contributed by atoms with E-state index < -0.39 is 4.92 Å². The highest BCUT2D eigenvalue weighted by Gasteiger charge is 2.40. The van der Waals surface area contributed by atoms with Gasteiger partial charge in [0.15, 0.2) is 0 Å². The highest BCUT2D eigenvalue weighted by Crippen LogP contribution is 2.48. The molecule has 1 aromatic rings. The summed E-state index contributed by atoms with van der Waals surface area (Å²) in [5.74, 6) is 0.673. The van der Waals surface area contributed by atoms with Crippen LogP contribution in [0.4, 0.5) is 5.69 Å². The Balaban J connectivity index is 1.62. The van der Waals surface area contributed by atoms with Crippen LogP contribution in [0.5, 0.6) is 5.75 Å². The van der Waals surface area contributed by atoms with Crippen LogP contribution in [-0.4, -0.2) is 24.6 Å². The fraction of sp³-hybridized carbons (Fsp3) is 0.600. The third-order valence-electron chi connectivity index (χ3n) is 3.83. The molecule has 110 valence electrons. The summed E-state index contributed by atoms with van der Waals surface area (Å²) in [5, 5.41) is 14.0. The van der Waals surface area contributed by atoms with Crippen molar-refractivity contribution in [2.75, 3.05) is 19.7 Å². The van der Waals surface area contributed by atoms with Crippen LogP contribution < -0.4 is 10.1 Å². The Morgan fingerprint density at radius 2 is 2.05 bits per heavy atom. The van der Waals surface area contributed by atoms with Gasteiger partial charge < -0.3 is 10.1 Å². The van der Waals surface area contributed by atoms with Crippen LogP contribution in [0.25, 0.3) is 0 Å². The van der Waals surface area contributed by atoms with Crippen LogP contribution in [-0.2, 0) is 0 Å². The van der Waals surface area contributed by atoms with Gasteiger partial charge in [-0.1, -0.05) is 13.3 Å². The second-order valence-electron chi connectivity index (χ2n) is 5.53. The monoisotopic (exact) mass is 278 g/mol. The second kappa shape index (κ2) is 6.70. The lowest BCUT2D eigenvalue weighted by atomic mass is 10.0. The molecule has 1 saturated carbocycles. The van der Waals surface area contributed by atoms with Crippen LogP contribution in [0.3, 0.4) is 0 Å². The average molecular weight is 278 g/mol. The Morgan fingerprint density at radius 1 is 1.35 bits per heavy atom. The number of nitrogens with zero attached hydrogens (tertiary/aromatic N) is 1. The number of hydrogen-bond donors (Lipinski definition) is 1. The van der Waals surface area contributed by atoms with Crippen LogP contribution in [0, 0.1) is 15.5 Å². The number of non-ortho nitro benzene ring substituents is 1. The van der Waals surface area contributed by atoms with Crippen molar-refractivity contribution in [3.05, 3.63) is 34.4 Å². The first-order valence-corrected chi connectivity index (χ1v) is 7.23. The number of nitro benzene ring substituents is 1. The van der Waals surface area contributed by atoms with E-state index in [1.54, 1.807) is 12.1 Å². The SMILES string of the molecule is CCCC1(CNCCOc2ccc([N+](=O)[O-])cc2)CC1. The molecule has 0 amide bonds. The summed E-state index contributed by atoms with van der Waals surface area (Å²) < 4.78 is 5.55. The lowest BCUT2D eigenvalue weighted by Crippen LogP contribution is -2.28. The molecule has 5 heteroatoms. The minimum absolute atomic E-state index is 0.0886. The van der Waals surface area contributed by atoms with Gasteiger partial charge >= 0.3 is 0 Å². The summed E-state index contributed by atoms with van der Waals surface area (Å²) in [7, 11) is 0. The largest absolute Gasteiger partial charge is 0.492 e. The van der Waals surface area contributed by atoms with Gasteiger partial charge in [0.2, 0.25) is 0 Å². The van der Waals surface area contributed by atoms with Gasteiger partial charge in [0.25, 0.3) is 5.69 Å². The molecule has 0 bridgehead atoms. The predicted molar refractivity (Wildman–Crippen MR) is 78.0 cm³/mol. The number of nitro groups is 1. The predicted octanol–water partition coefficient (Wildman–Crippen LogP) is 3.14. The maximum Gasteiger partial charge on any atom is 0.269 e. The fourth-order valence-corrected chi connectivity index (χ4v) is 2.48. The second-order valence-corrected chi connectivity index (χ2v) is 5.53. The van der Waals surface area contributed by atoms with Gasteiger partial charge in [0, 0.05) is 25.2 Å². The third-order valence-corrected chi connectivity index (χ3v) is 3.83. The van der Waals surface area contributed by atoms with E-state index >= 15 is 0 Å². The lowest BCUT2D eigenvalue weighted by Gasteiger charge is -2.15. The molecule has 0 radical (unpaired) electrons. The molecule has 1 aliphatic carbocycles. The first-order chi connectivity index (χ1) is 9.65. The van der Waals surface area contributed by atoms with E-state index in [2.05, 4.69) is 12.2 Å². The summed E-state index contributed by atoms with van der Waals surface area (Å²) in [6, 6.07) is 6.20. The van der Waals surface area contributed by atoms with Crippen LogP contribution in [0.1, 0.15) is 32.6 Å². The molecule has 0 unspecified atom stereocenters. The molecular formula is C15H22N2O3. The molecule has 1 fully saturated rings. The Morgan fingerprint density at radius 3 is 2.60 bits per heavy atom. The van der Waals surface area contributed by atoms with Crippen molar-refractivity contribution < 1.29 is 9.66 Å². The zero-order chi connectivity index (χ0) is 14.4. The lowest BCUT2D eigenvalue weighted by molar-refractivity contribution is -0.384. The van der Waals surface area contributed by atoms with E-state index in [0.29, 0.717) is 17.8 Å². The average Bonchev–Trinajstić information content (AvgIpc) is 3.19. The summed E-state index contributed by atoms with van der Waals surface area (Å²) in [6.45, 7) is 4.70. The number of benzene rings is 1. The first kappa shape index (κ1) is 14.8. The molecular weight excluding hydrogens is 256 g/mol. The Kier molecular flexibility index (Phi) is 4.95. The maximum absolute atomic E-state index is 10.5. The molecule has 1 aliphatic rings. The molecule has 0 saturated heterocycles. The smallest absolute Gasteiger partial charge is 0.269 e. The molecule has 0 heterocycles.